The molecule has 0 saturated heterocycles. The number of hydrogen-bond acceptors (Lipinski definition) is 4. The van der Waals surface area contributed by atoms with Gasteiger partial charge in [-0.1, -0.05) is 28.4 Å². The molecule has 1 atom stereocenters. The number of aromatic nitrogens is 3. The van der Waals surface area contributed by atoms with E-state index in [-0.39, 0.29) is 6.10 Å². The van der Waals surface area contributed by atoms with E-state index in [2.05, 4.69) is 15.6 Å². The van der Waals surface area contributed by atoms with E-state index in [1.165, 1.54) is 0 Å². The van der Waals surface area contributed by atoms with Crippen LogP contribution in [0, 0.1) is 0 Å². The van der Waals surface area contributed by atoms with Gasteiger partial charge in [-0.2, -0.15) is 0 Å². The van der Waals surface area contributed by atoms with Crippen LogP contribution in [-0.2, 0) is 6.54 Å². The molecule has 0 aliphatic rings. The number of benzene rings is 1. The third-order valence-corrected chi connectivity index (χ3v) is 3.49. The Balaban J connectivity index is 1.96. The minimum atomic E-state index is -0.297. The number of aliphatic hydroxyl groups excluding tert-OH is 1. The van der Waals surface area contributed by atoms with Crippen LogP contribution in [0.15, 0.2) is 24.4 Å². The normalized spacial score (nSPS) is 12.6. The number of nitrogens with one attached hydrogen (secondary N) is 1. The van der Waals surface area contributed by atoms with Crippen molar-refractivity contribution in [1.82, 2.24) is 20.3 Å². The van der Waals surface area contributed by atoms with Gasteiger partial charge in [-0.05, 0) is 38.1 Å². The van der Waals surface area contributed by atoms with Crippen LogP contribution in [0.4, 0.5) is 0 Å². The fourth-order valence-corrected chi connectivity index (χ4v) is 1.95. The monoisotopic (exact) mass is 314 g/mol. The number of hydrogen-bond donors (Lipinski definition) is 2. The lowest BCUT2D eigenvalue weighted by atomic mass is 10.3. The predicted molar refractivity (Wildman–Crippen MR) is 79.4 cm³/mol. The van der Waals surface area contributed by atoms with E-state index in [1.54, 1.807) is 23.7 Å². The Labute approximate surface area is 127 Å². The predicted octanol–water partition coefficient (Wildman–Crippen LogP) is 2.43. The molecule has 0 amide bonds. The summed E-state index contributed by atoms with van der Waals surface area (Å²) in [5, 5.41) is 21.5. The highest BCUT2D eigenvalue weighted by Gasteiger charge is 2.05. The van der Waals surface area contributed by atoms with E-state index in [9.17, 15) is 0 Å². The highest BCUT2D eigenvalue weighted by atomic mass is 35.5. The first-order valence-electron chi connectivity index (χ1n) is 6.31. The highest BCUT2D eigenvalue weighted by Crippen LogP contribution is 2.24. The second kappa shape index (κ2) is 7.04. The van der Waals surface area contributed by atoms with Gasteiger partial charge in [0.15, 0.2) is 0 Å². The van der Waals surface area contributed by atoms with Crippen LogP contribution in [0.25, 0.3) is 5.69 Å². The molecule has 0 radical (unpaired) electrons. The minimum Gasteiger partial charge on any atom is -0.393 e. The molecule has 0 aliphatic heterocycles. The first-order chi connectivity index (χ1) is 9.56. The zero-order chi connectivity index (χ0) is 14.5. The molecule has 1 aromatic heterocycles. The van der Waals surface area contributed by atoms with Gasteiger partial charge >= 0.3 is 0 Å². The first-order valence-corrected chi connectivity index (χ1v) is 7.07. The zero-order valence-corrected chi connectivity index (χ0v) is 12.6. The molecule has 2 N–H and O–H groups in total. The van der Waals surface area contributed by atoms with Gasteiger partial charge < -0.3 is 10.4 Å². The van der Waals surface area contributed by atoms with Gasteiger partial charge in [-0.3, -0.25) is 0 Å². The largest absolute Gasteiger partial charge is 0.393 e. The van der Waals surface area contributed by atoms with Crippen LogP contribution in [0.5, 0.6) is 0 Å². The molecule has 7 heteroatoms. The molecule has 5 nitrogen and oxygen atoms in total. The minimum absolute atomic E-state index is 0.297. The number of halogens is 2. The molecule has 1 unspecified atom stereocenters. The molecule has 2 aromatic rings. The van der Waals surface area contributed by atoms with E-state index in [0.29, 0.717) is 23.0 Å². The van der Waals surface area contributed by atoms with Crippen LogP contribution >= 0.6 is 23.2 Å². The smallest absolute Gasteiger partial charge is 0.0969 e. The first kappa shape index (κ1) is 15.3. The lowest BCUT2D eigenvalue weighted by molar-refractivity contribution is 0.183. The standard InChI is InChI=1S/C13H16Cl2N4O/c1-9(20)4-5-16-7-10-8-19(18-17-10)11-2-3-12(14)13(15)6-11/h2-3,6,8-9,16,20H,4-5,7H2,1H3. The van der Waals surface area contributed by atoms with E-state index in [1.807, 2.05) is 12.3 Å². The van der Waals surface area contributed by atoms with Crippen molar-refractivity contribution in [3.8, 4) is 5.69 Å². The van der Waals surface area contributed by atoms with Gasteiger partial charge in [0.2, 0.25) is 0 Å². The third-order valence-electron chi connectivity index (χ3n) is 2.75. The molecule has 0 saturated carbocycles. The Bertz CT molecular complexity index is 571. The lowest BCUT2D eigenvalue weighted by Gasteiger charge is -2.04. The SMILES string of the molecule is CC(O)CCNCc1cn(-c2ccc(Cl)c(Cl)c2)nn1. The summed E-state index contributed by atoms with van der Waals surface area (Å²) in [6.45, 7) is 3.10. The molecule has 2 rings (SSSR count). The summed E-state index contributed by atoms with van der Waals surface area (Å²) < 4.78 is 1.65. The van der Waals surface area contributed by atoms with Crippen LogP contribution in [0.3, 0.4) is 0 Å². The molecular weight excluding hydrogens is 299 g/mol. The molecule has 108 valence electrons. The summed E-state index contributed by atoms with van der Waals surface area (Å²) >= 11 is 11.8. The number of nitrogens with zero attached hydrogens (tertiary/aromatic N) is 3. The van der Waals surface area contributed by atoms with E-state index < -0.39 is 0 Å². The van der Waals surface area contributed by atoms with Crippen molar-refractivity contribution in [3.63, 3.8) is 0 Å². The number of aliphatic hydroxyl groups is 1. The molecule has 0 aliphatic carbocycles. The average molecular weight is 315 g/mol. The molecule has 20 heavy (non-hydrogen) atoms. The quantitative estimate of drug-likeness (QED) is 0.804. The van der Waals surface area contributed by atoms with Crippen molar-refractivity contribution >= 4 is 23.2 Å². The topological polar surface area (TPSA) is 63.0 Å². The van der Waals surface area contributed by atoms with Crippen LogP contribution < -0.4 is 5.32 Å². The summed E-state index contributed by atoms with van der Waals surface area (Å²) in [6, 6.07) is 5.29. The fourth-order valence-electron chi connectivity index (χ4n) is 1.66. The molecule has 1 heterocycles. The maximum absolute atomic E-state index is 9.16. The van der Waals surface area contributed by atoms with Crippen molar-refractivity contribution in [3.05, 3.63) is 40.1 Å². The maximum atomic E-state index is 9.16. The lowest BCUT2D eigenvalue weighted by Crippen LogP contribution is -2.18. The van der Waals surface area contributed by atoms with E-state index in [4.69, 9.17) is 28.3 Å². The van der Waals surface area contributed by atoms with E-state index >= 15 is 0 Å². The van der Waals surface area contributed by atoms with Crippen molar-refractivity contribution in [2.24, 2.45) is 0 Å². The van der Waals surface area contributed by atoms with Gasteiger partial charge in [-0.15, -0.1) is 5.10 Å². The van der Waals surface area contributed by atoms with Crippen LogP contribution in [-0.4, -0.2) is 32.7 Å². The molecule has 0 fully saturated rings. The Morgan fingerprint density at radius 3 is 2.85 bits per heavy atom. The van der Waals surface area contributed by atoms with Gasteiger partial charge in [0.05, 0.1) is 33.7 Å². The summed E-state index contributed by atoms with van der Waals surface area (Å²) in [4.78, 5) is 0. The van der Waals surface area contributed by atoms with Gasteiger partial charge in [0, 0.05) is 6.54 Å². The van der Waals surface area contributed by atoms with Crippen LogP contribution in [0.1, 0.15) is 19.0 Å². The van der Waals surface area contributed by atoms with Crippen molar-refractivity contribution < 1.29 is 5.11 Å². The second-order valence-corrected chi connectivity index (χ2v) is 5.38. The molecular formula is C13H16Cl2N4O. The average Bonchev–Trinajstić information content (AvgIpc) is 2.86. The Morgan fingerprint density at radius 2 is 2.15 bits per heavy atom. The molecule has 0 spiro atoms. The summed E-state index contributed by atoms with van der Waals surface area (Å²) in [5.74, 6) is 0. The molecule has 0 bridgehead atoms. The van der Waals surface area contributed by atoms with E-state index in [0.717, 1.165) is 17.9 Å². The summed E-state index contributed by atoms with van der Waals surface area (Å²) in [7, 11) is 0. The number of rotatable bonds is 6. The van der Waals surface area contributed by atoms with Crippen LogP contribution in [0.2, 0.25) is 10.0 Å². The third kappa shape index (κ3) is 4.18. The zero-order valence-electron chi connectivity index (χ0n) is 11.1. The van der Waals surface area contributed by atoms with Gasteiger partial charge in [-0.25, -0.2) is 4.68 Å². The van der Waals surface area contributed by atoms with Crippen molar-refractivity contribution in [1.29, 1.82) is 0 Å². The maximum Gasteiger partial charge on any atom is 0.0969 e. The van der Waals surface area contributed by atoms with Gasteiger partial charge in [0.1, 0.15) is 0 Å². The summed E-state index contributed by atoms with van der Waals surface area (Å²) in [6.07, 6.45) is 2.24. The fraction of sp³-hybridized carbons (Fsp3) is 0.385. The second-order valence-electron chi connectivity index (χ2n) is 4.57. The Kier molecular flexibility index (Phi) is 5.37. The summed E-state index contributed by atoms with van der Waals surface area (Å²) in [5.41, 5.74) is 1.63. The highest BCUT2D eigenvalue weighted by molar-refractivity contribution is 6.42. The van der Waals surface area contributed by atoms with Crippen molar-refractivity contribution in [2.45, 2.75) is 26.0 Å². The molecule has 1 aromatic carbocycles. The Hall–Kier alpha value is -1.14. The Morgan fingerprint density at radius 1 is 1.35 bits per heavy atom. The van der Waals surface area contributed by atoms with Crippen molar-refractivity contribution in [2.75, 3.05) is 6.54 Å². The van der Waals surface area contributed by atoms with Gasteiger partial charge in [0.25, 0.3) is 0 Å².